The summed E-state index contributed by atoms with van der Waals surface area (Å²) < 4.78 is 0. The fourth-order valence-corrected chi connectivity index (χ4v) is 1.64. The lowest BCUT2D eigenvalue weighted by atomic mass is 10.1. The van der Waals surface area contributed by atoms with Crippen LogP contribution in [0.3, 0.4) is 0 Å². The van der Waals surface area contributed by atoms with Crippen molar-refractivity contribution < 1.29 is 4.92 Å². The summed E-state index contributed by atoms with van der Waals surface area (Å²) in [6.45, 7) is 0.537. The third-order valence-corrected chi connectivity index (χ3v) is 2.38. The van der Waals surface area contributed by atoms with Gasteiger partial charge >= 0.3 is 0 Å². The van der Waals surface area contributed by atoms with Gasteiger partial charge in [0.2, 0.25) is 0 Å². The largest absolute Gasteiger partial charge is 0.361 e. The highest BCUT2D eigenvalue weighted by Gasteiger charge is 2.09. The molecule has 0 atom stereocenters. The van der Waals surface area contributed by atoms with Crippen LogP contribution in [0.25, 0.3) is 10.9 Å². The van der Waals surface area contributed by atoms with Gasteiger partial charge in [0.25, 0.3) is 5.69 Å². The number of benzene rings is 1. The van der Waals surface area contributed by atoms with Crippen LogP contribution in [0.5, 0.6) is 0 Å². The summed E-state index contributed by atoms with van der Waals surface area (Å²) in [6, 6.07) is 4.79. The van der Waals surface area contributed by atoms with Crippen LogP contribution in [0, 0.1) is 10.1 Å². The van der Waals surface area contributed by atoms with Crippen molar-refractivity contribution in [3.05, 3.63) is 40.1 Å². The second-order valence-electron chi connectivity index (χ2n) is 3.34. The second-order valence-corrected chi connectivity index (χ2v) is 3.34. The summed E-state index contributed by atoms with van der Waals surface area (Å²) in [7, 11) is 0. The number of nitrogens with two attached hydrogens (primary N) is 1. The highest BCUT2D eigenvalue weighted by atomic mass is 35.5. The number of H-pyrrole nitrogens is 1. The molecule has 0 saturated heterocycles. The van der Waals surface area contributed by atoms with E-state index in [1.807, 2.05) is 6.20 Å². The first kappa shape index (κ1) is 12.5. The highest BCUT2D eigenvalue weighted by Crippen LogP contribution is 2.23. The summed E-state index contributed by atoms with van der Waals surface area (Å²) in [4.78, 5) is 13.3. The molecule has 0 aliphatic rings. The number of fused-ring (bicyclic) bond motifs is 1. The number of non-ortho nitro benzene ring substituents is 1. The molecule has 0 amide bonds. The van der Waals surface area contributed by atoms with Crippen molar-refractivity contribution in [3.8, 4) is 0 Å². The number of hydrogen-bond acceptors (Lipinski definition) is 3. The molecule has 0 unspecified atom stereocenters. The molecule has 2 rings (SSSR count). The molecule has 1 aromatic carbocycles. The Morgan fingerprint density at radius 1 is 1.44 bits per heavy atom. The van der Waals surface area contributed by atoms with Gasteiger partial charge in [-0.1, -0.05) is 0 Å². The van der Waals surface area contributed by atoms with E-state index in [-0.39, 0.29) is 18.1 Å². The van der Waals surface area contributed by atoms with Gasteiger partial charge in [0.1, 0.15) is 0 Å². The van der Waals surface area contributed by atoms with Gasteiger partial charge in [0.05, 0.1) is 4.92 Å². The Labute approximate surface area is 98.2 Å². The van der Waals surface area contributed by atoms with Crippen molar-refractivity contribution in [2.75, 3.05) is 6.54 Å². The van der Waals surface area contributed by atoms with Gasteiger partial charge in [0.15, 0.2) is 0 Å². The fourth-order valence-electron chi connectivity index (χ4n) is 1.64. The monoisotopic (exact) mass is 241 g/mol. The van der Waals surface area contributed by atoms with Crippen LogP contribution in [0.4, 0.5) is 5.69 Å². The molecule has 1 heterocycles. The minimum atomic E-state index is -0.390. The van der Waals surface area contributed by atoms with E-state index in [1.165, 1.54) is 6.07 Å². The predicted molar refractivity (Wildman–Crippen MR) is 65.0 cm³/mol. The van der Waals surface area contributed by atoms with E-state index in [9.17, 15) is 10.1 Å². The maximum Gasteiger partial charge on any atom is 0.270 e. The summed E-state index contributed by atoms with van der Waals surface area (Å²) in [6.07, 6.45) is 2.57. The number of halogens is 1. The van der Waals surface area contributed by atoms with Crippen molar-refractivity contribution in [2.45, 2.75) is 6.42 Å². The van der Waals surface area contributed by atoms with Gasteiger partial charge in [-0.15, -0.1) is 12.4 Å². The molecule has 0 spiro atoms. The van der Waals surface area contributed by atoms with Crippen LogP contribution >= 0.6 is 12.4 Å². The molecule has 5 nitrogen and oxygen atoms in total. The third kappa shape index (κ3) is 2.15. The molecule has 0 aliphatic heterocycles. The van der Waals surface area contributed by atoms with Crippen molar-refractivity contribution >= 4 is 29.0 Å². The van der Waals surface area contributed by atoms with Gasteiger partial charge in [0, 0.05) is 29.2 Å². The second kappa shape index (κ2) is 4.96. The average Bonchev–Trinajstić information content (AvgIpc) is 2.61. The lowest BCUT2D eigenvalue weighted by Crippen LogP contribution is -2.01. The molecule has 0 aliphatic carbocycles. The van der Waals surface area contributed by atoms with E-state index in [0.29, 0.717) is 6.54 Å². The zero-order valence-electron chi connectivity index (χ0n) is 8.47. The van der Waals surface area contributed by atoms with Crippen molar-refractivity contribution in [1.29, 1.82) is 0 Å². The van der Waals surface area contributed by atoms with Crippen molar-refractivity contribution in [1.82, 2.24) is 4.98 Å². The number of nitrogens with zero attached hydrogens (tertiary/aromatic N) is 1. The van der Waals surface area contributed by atoms with Crippen LogP contribution in [0.15, 0.2) is 24.4 Å². The van der Waals surface area contributed by atoms with Crippen LogP contribution in [0.2, 0.25) is 0 Å². The summed E-state index contributed by atoms with van der Waals surface area (Å²) in [5.74, 6) is 0. The van der Waals surface area contributed by atoms with Gasteiger partial charge in [-0.25, -0.2) is 0 Å². The zero-order chi connectivity index (χ0) is 10.8. The molecule has 0 fully saturated rings. The number of rotatable bonds is 3. The lowest BCUT2D eigenvalue weighted by molar-refractivity contribution is -0.384. The van der Waals surface area contributed by atoms with E-state index in [4.69, 9.17) is 5.73 Å². The summed E-state index contributed by atoms with van der Waals surface area (Å²) >= 11 is 0. The standard InChI is InChI=1S/C10H11N3O2.ClH/c11-4-3-7-6-12-10-2-1-8(13(14)15)5-9(7)10;/h1-2,5-6,12H,3-4,11H2;1H. The van der Waals surface area contributed by atoms with E-state index in [0.717, 1.165) is 22.9 Å². The van der Waals surface area contributed by atoms with Crippen LogP contribution in [0.1, 0.15) is 5.56 Å². The number of hydrogen-bond donors (Lipinski definition) is 2. The van der Waals surface area contributed by atoms with Crippen LogP contribution in [-0.4, -0.2) is 16.5 Å². The molecule has 3 N–H and O–H groups in total. The first-order valence-corrected chi connectivity index (χ1v) is 4.67. The molecule has 16 heavy (non-hydrogen) atoms. The zero-order valence-corrected chi connectivity index (χ0v) is 9.29. The molecular formula is C10H12ClN3O2. The number of nitrogens with one attached hydrogen (secondary N) is 1. The minimum absolute atomic E-state index is 0. The van der Waals surface area contributed by atoms with Gasteiger partial charge in [-0.3, -0.25) is 10.1 Å². The SMILES string of the molecule is Cl.NCCc1c[nH]c2ccc([N+](=O)[O-])cc12. The maximum atomic E-state index is 10.6. The quantitative estimate of drug-likeness (QED) is 0.637. The Balaban J connectivity index is 0.00000128. The minimum Gasteiger partial charge on any atom is -0.361 e. The van der Waals surface area contributed by atoms with Gasteiger partial charge in [-0.05, 0) is 24.6 Å². The Hall–Kier alpha value is -1.59. The summed E-state index contributed by atoms with van der Waals surface area (Å²) in [5, 5.41) is 11.5. The number of aromatic nitrogens is 1. The summed E-state index contributed by atoms with van der Waals surface area (Å²) in [5.41, 5.74) is 7.50. The maximum absolute atomic E-state index is 10.6. The molecular weight excluding hydrogens is 230 g/mol. The molecule has 6 heteroatoms. The van der Waals surface area contributed by atoms with Crippen LogP contribution in [-0.2, 0) is 6.42 Å². The Kier molecular flexibility index (Phi) is 3.87. The Morgan fingerprint density at radius 2 is 2.19 bits per heavy atom. The first-order valence-electron chi connectivity index (χ1n) is 4.67. The van der Waals surface area contributed by atoms with Gasteiger partial charge < -0.3 is 10.7 Å². The number of nitro benzene ring substituents is 1. The molecule has 0 radical (unpaired) electrons. The molecule has 0 bridgehead atoms. The normalized spacial score (nSPS) is 10.1. The molecule has 2 aromatic rings. The first-order chi connectivity index (χ1) is 7.22. The molecule has 86 valence electrons. The van der Waals surface area contributed by atoms with Crippen molar-refractivity contribution in [3.63, 3.8) is 0 Å². The van der Waals surface area contributed by atoms with E-state index in [1.54, 1.807) is 12.1 Å². The smallest absolute Gasteiger partial charge is 0.270 e. The topological polar surface area (TPSA) is 85.0 Å². The fraction of sp³-hybridized carbons (Fsp3) is 0.200. The predicted octanol–water partition coefficient (Wildman–Crippen LogP) is 2.00. The Bertz CT molecular complexity index is 510. The number of nitro groups is 1. The van der Waals surface area contributed by atoms with Crippen molar-refractivity contribution in [2.24, 2.45) is 5.73 Å². The third-order valence-electron chi connectivity index (χ3n) is 2.38. The Morgan fingerprint density at radius 3 is 2.81 bits per heavy atom. The van der Waals surface area contributed by atoms with E-state index in [2.05, 4.69) is 4.98 Å². The molecule has 1 aromatic heterocycles. The number of aromatic amines is 1. The average molecular weight is 242 g/mol. The lowest BCUT2D eigenvalue weighted by Gasteiger charge is -1.96. The molecule has 0 saturated carbocycles. The van der Waals surface area contributed by atoms with Crippen LogP contribution < -0.4 is 5.73 Å². The highest BCUT2D eigenvalue weighted by molar-refractivity contribution is 5.85. The van der Waals surface area contributed by atoms with E-state index >= 15 is 0 Å². The van der Waals surface area contributed by atoms with E-state index < -0.39 is 4.92 Å². The van der Waals surface area contributed by atoms with Gasteiger partial charge in [-0.2, -0.15) is 0 Å².